The lowest BCUT2D eigenvalue weighted by molar-refractivity contribution is 0.374. The van der Waals surface area contributed by atoms with Crippen molar-refractivity contribution in [1.82, 2.24) is 0 Å². The lowest BCUT2D eigenvalue weighted by Crippen LogP contribution is -2.23. The molecule has 0 aromatic heterocycles. The third-order valence-corrected chi connectivity index (χ3v) is 4.65. The number of rotatable bonds is 3. The molecule has 1 aliphatic carbocycles. The summed E-state index contributed by atoms with van der Waals surface area (Å²) in [5.41, 5.74) is 2.72. The molecule has 0 saturated heterocycles. The number of nitrogens with zero attached hydrogens (tertiary/aromatic N) is 2. The van der Waals surface area contributed by atoms with Crippen LogP contribution < -0.4 is 0 Å². The lowest BCUT2D eigenvalue weighted by atomic mass is 9.69. The van der Waals surface area contributed by atoms with E-state index in [9.17, 15) is 10.5 Å². The van der Waals surface area contributed by atoms with Gasteiger partial charge in [-0.1, -0.05) is 62.8 Å². The highest BCUT2D eigenvalue weighted by Crippen LogP contribution is 2.42. The normalized spacial score (nSPS) is 19.9. The zero-order valence-electron chi connectivity index (χ0n) is 13.7. The van der Waals surface area contributed by atoms with Crippen molar-refractivity contribution in [3.8, 4) is 12.1 Å². The Morgan fingerprint density at radius 1 is 1.09 bits per heavy atom. The summed E-state index contributed by atoms with van der Waals surface area (Å²) in [6.45, 7) is 6.72. The van der Waals surface area contributed by atoms with Gasteiger partial charge in [0.1, 0.15) is 5.92 Å². The average Bonchev–Trinajstić information content (AvgIpc) is 2.52. The van der Waals surface area contributed by atoms with E-state index in [1.165, 1.54) is 5.57 Å². The van der Waals surface area contributed by atoms with Crippen LogP contribution in [0.25, 0.3) is 0 Å². The standard InChI is InChI=1S/C20H24N2/c1-20(2,3)18-11-7-10-16(12-18)19(17(13-21)14-22)15-8-5-4-6-9-15/h4-6,8-9,12,16-17,19H,7,10-11H2,1-3H3. The van der Waals surface area contributed by atoms with Gasteiger partial charge in [0, 0.05) is 5.92 Å². The molecule has 0 amide bonds. The number of hydrogen-bond donors (Lipinski definition) is 0. The van der Waals surface area contributed by atoms with E-state index < -0.39 is 5.92 Å². The van der Waals surface area contributed by atoms with E-state index >= 15 is 0 Å². The molecule has 2 nitrogen and oxygen atoms in total. The van der Waals surface area contributed by atoms with Gasteiger partial charge in [-0.15, -0.1) is 0 Å². The third-order valence-electron chi connectivity index (χ3n) is 4.65. The van der Waals surface area contributed by atoms with Gasteiger partial charge in [-0.25, -0.2) is 0 Å². The molecule has 1 aromatic rings. The maximum atomic E-state index is 9.42. The minimum atomic E-state index is -0.594. The largest absolute Gasteiger partial charge is 0.197 e. The van der Waals surface area contributed by atoms with Gasteiger partial charge in [-0.3, -0.25) is 0 Å². The van der Waals surface area contributed by atoms with E-state index in [0.29, 0.717) is 0 Å². The topological polar surface area (TPSA) is 47.6 Å². The van der Waals surface area contributed by atoms with Gasteiger partial charge in [0.2, 0.25) is 0 Å². The van der Waals surface area contributed by atoms with Crippen molar-refractivity contribution in [1.29, 1.82) is 10.5 Å². The molecule has 1 aliphatic rings. The molecule has 0 saturated carbocycles. The Kier molecular flexibility index (Phi) is 5.04. The zero-order chi connectivity index (χ0) is 16.2. The average molecular weight is 292 g/mol. The Labute approximate surface area is 134 Å². The van der Waals surface area contributed by atoms with Crippen molar-refractivity contribution >= 4 is 0 Å². The van der Waals surface area contributed by atoms with Crippen molar-refractivity contribution in [3.05, 3.63) is 47.5 Å². The molecule has 0 spiro atoms. The molecule has 0 bridgehead atoms. The van der Waals surface area contributed by atoms with Crippen molar-refractivity contribution in [2.45, 2.75) is 46.0 Å². The van der Waals surface area contributed by atoms with Crippen LogP contribution in [-0.4, -0.2) is 0 Å². The van der Waals surface area contributed by atoms with Crippen LogP contribution in [0.5, 0.6) is 0 Å². The van der Waals surface area contributed by atoms with Gasteiger partial charge >= 0.3 is 0 Å². The van der Waals surface area contributed by atoms with E-state index in [2.05, 4.69) is 39.0 Å². The van der Waals surface area contributed by atoms with E-state index in [1.807, 2.05) is 30.3 Å². The van der Waals surface area contributed by atoms with Gasteiger partial charge in [0.25, 0.3) is 0 Å². The number of allylic oxidation sites excluding steroid dienone is 2. The summed E-state index contributed by atoms with van der Waals surface area (Å²) < 4.78 is 0. The van der Waals surface area contributed by atoms with Crippen molar-refractivity contribution < 1.29 is 0 Å². The van der Waals surface area contributed by atoms with Crippen LogP contribution in [0.15, 0.2) is 42.0 Å². The first-order valence-corrected chi connectivity index (χ1v) is 8.02. The fraction of sp³-hybridized carbons (Fsp3) is 0.500. The minimum Gasteiger partial charge on any atom is -0.197 e. The molecule has 0 N–H and O–H groups in total. The maximum Gasteiger partial charge on any atom is 0.140 e. The van der Waals surface area contributed by atoms with Gasteiger partial charge in [0.15, 0.2) is 0 Å². The zero-order valence-corrected chi connectivity index (χ0v) is 13.7. The highest BCUT2D eigenvalue weighted by Gasteiger charge is 2.33. The van der Waals surface area contributed by atoms with E-state index in [0.717, 1.165) is 24.8 Å². The molecule has 2 atom stereocenters. The van der Waals surface area contributed by atoms with E-state index in [1.54, 1.807) is 0 Å². The molecule has 0 heterocycles. The SMILES string of the molecule is CC(C)(C)C1=CC(C(c2ccccc2)C(C#N)C#N)CCC1. The summed E-state index contributed by atoms with van der Waals surface area (Å²) in [7, 11) is 0. The second kappa shape index (κ2) is 6.80. The number of hydrogen-bond acceptors (Lipinski definition) is 2. The van der Waals surface area contributed by atoms with Crippen LogP contribution in [-0.2, 0) is 0 Å². The number of nitriles is 2. The number of benzene rings is 1. The Hall–Kier alpha value is -2.06. The Bertz CT molecular complexity index is 594. The molecule has 0 aliphatic heterocycles. The molecule has 2 rings (SSSR count). The first-order chi connectivity index (χ1) is 10.5. The molecular formula is C20H24N2. The fourth-order valence-corrected chi connectivity index (χ4v) is 3.41. The van der Waals surface area contributed by atoms with Crippen LogP contribution >= 0.6 is 0 Å². The Morgan fingerprint density at radius 3 is 2.27 bits per heavy atom. The molecule has 2 unspecified atom stereocenters. The molecule has 1 aromatic carbocycles. The van der Waals surface area contributed by atoms with Crippen LogP contribution in [0.4, 0.5) is 0 Å². The van der Waals surface area contributed by atoms with Crippen molar-refractivity contribution in [2.24, 2.45) is 17.3 Å². The maximum absolute atomic E-state index is 9.42. The van der Waals surface area contributed by atoms with Crippen LogP contribution in [0, 0.1) is 39.9 Å². The molecule has 0 fully saturated rings. The molecule has 0 radical (unpaired) electrons. The minimum absolute atomic E-state index is 0.0335. The summed E-state index contributed by atoms with van der Waals surface area (Å²) in [5, 5.41) is 18.8. The highest BCUT2D eigenvalue weighted by atomic mass is 14.4. The first-order valence-electron chi connectivity index (χ1n) is 8.02. The summed E-state index contributed by atoms with van der Waals surface area (Å²) in [6.07, 6.45) is 5.67. The first kappa shape index (κ1) is 16.3. The summed E-state index contributed by atoms with van der Waals surface area (Å²) >= 11 is 0. The fourth-order valence-electron chi connectivity index (χ4n) is 3.41. The van der Waals surface area contributed by atoms with Crippen LogP contribution in [0.1, 0.15) is 51.5 Å². The Morgan fingerprint density at radius 2 is 1.73 bits per heavy atom. The summed E-state index contributed by atoms with van der Waals surface area (Å²) in [6, 6.07) is 14.5. The van der Waals surface area contributed by atoms with Gasteiger partial charge in [0.05, 0.1) is 12.1 Å². The van der Waals surface area contributed by atoms with Crippen molar-refractivity contribution in [3.63, 3.8) is 0 Å². The third kappa shape index (κ3) is 3.58. The van der Waals surface area contributed by atoms with E-state index in [4.69, 9.17) is 0 Å². The molecular weight excluding hydrogens is 268 g/mol. The summed E-state index contributed by atoms with van der Waals surface area (Å²) in [4.78, 5) is 0. The van der Waals surface area contributed by atoms with Crippen LogP contribution in [0.3, 0.4) is 0 Å². The second-order valence-corrected chi connectivity index (χ2v) is 7.17. The lowest BCUT2D eigenvalue weighted by Gasteiger charge is -2.34. The Balaban J connectivity index is 2.42. The predicted molar refractivity (Wildman–Crippen MR) is 88.8 cm³/mol. The van der Waals surface area contributed by atoms with Crippen molar-refractivity contribution in [2.75, 3.05) is 0 Å². The predicted octanol–water partition coefficient (Wildman–Crippen LogP) is 5.21. The van der Waals surface area contributed by atoms with Gasteiger partial charge < -0.3 is 0 Å². The van der Waals surface area contributed by atoms with Gasteiger partial charge in [-0.05, 0) is 36.2 Å². The van der Waals surface area contributed by atoms with E-state index in [-0.39, 0.29) is 17.3 Å². The monoisotopic (exact) mass is 292 g/mol. The van der Waals surface area contributed by atoms with Gasteiger partial charge in [-0.2, -0.15) is 10.5 Å². The molecule has 22 heavy (non-hydrogen) atoms. The van der Waals surface area contributed by atoms with Crippen LogP contribution in [0.2, 0.25) is 0 Å². The second-order valence-electron chi connectivity index (χ2n) is 7.17. The summed E-state index contributed by atoms with van der Waals surface area (Å²) in [5.74, 6) is -0.355. The quantitative estimate of drug-likeness (QED) is 0.718. The smallest absolute Gasteiger partial charge is 0.140 e. The highest BCUT2D eigenvalue weighted by molar-refractivity contribution is 5.29. The molecule has 114 valence electrons. The molecule has 2 heteroatoms.